The lowest BCUT2D eigenvalue weighted by atomic mass is 10.2. The summed E-state index contributed by atoms with van der Waals surface area (Å²) in [5.74, 6) is 0. The Bertz CT molecular complexity index is 369. The van der Waals surface area contributed by atoms with Crippen molar-refractivity contribution in [3.8, 4) is 0 Å². The van der Waals surface area contributed by atoms with Gasteiger partial charge < -0.3 is 10.0 Å². The first kappa shape index (κ1) is 9.49. The second-order valence-corrected chi connectivity index (χ2v) is 3.94. The molecule has 1 aromatic rings. The summed E-state index contributed by atoms with van der Waals surface area (Å²) < 4.78 is 1.03. The first-order valence-electron chi connectivity index (χ1n) is 4.34. The van der Waals surface area contributed by atoms with Gasteiger partial charge in [-0.25, -0.2) is 0 Å². The average molecular weight is 252 g/mol. The summed E-state index contributed by atoms with van der Waals surface area (Å²) in [4.78, 5) is 1.80. The second-order valence-electron chi connectivity index (χ2n) is 3.02. The summed E-state index contributed by atoms with van der Waals surface area (Å²) in [5, 5.41) is 9.67. The highest BCUT2D eigenvalue weighted by atomic mass is 79.9. The summed E-state index contributed by atoms with van der Waals surface area (Å²) in [6.07, 6.45) is 6.76. The number of rotatable bonds is 1. The van der Waals surface area contributed by atoms with Gasteiger partial charge in [-0.05, 0) is 36.4 Å². The molecule has 0 aliphatic carbocycles. The van der Waals surface area contributed by atoms with Crippen molar-refractivity contribution < 1.29 is 5.11 Å². The van der Waals surface area contributed by atoms with Gasteiger partial charge in [-0.1, -0.05) is 22.0 Å². The fourth-order valence-corrected chi connectivity index (χ4v) is 1.60. The van der Waals surface area contributed by atoms with Crippen LogP contribution in [-0.4, -0.2) is 11.3 Å². The van der Waals surface area contributed by atoms with Crippen LogP contribution in [0.3, 0.4) is 0 Å². The zero-order valence-electron chi connectivity index (χ0n) is 7.47. The molecular formula is C11H10BrNO. The Labute approximate surface area is 91.3 Å². The largest absolute Gasteiger partial charge is 0.370 e. The van der Waals surface area contributed by atoms with E-state index in [0.29, 0.717) is 0 Å². The van der Waals surface area contributed by atoms with E-state index in [2.05, 4.69) is 15.9 Å². The van der Waals surface area contributed by atoms with Crippen LogP contribution in [-0.2, 0) is 0 Å². The molecule has 1 heterocycles. The van der Waals surface area contributed by atoms with Crippen LogP contribution in [0.15, 0.2) is 53.2 Å². The molecule has 1 atom stereocenters. The Balaban J connectivity index is 2.27. The molecule has 1 aliphatic rings. The third-order valence-electron chi connectivity index (χ3n) is 2.05. The highest BCUT2D eigenvalue weighted by Gasteiger charge is 2.12. The van der Waals surface area contributed by atoms with Crippen LogP contribution < -0.4 is 4.90 Å². The molecule has 2 nitrogen and oxygen atoms in total. The highest BCUT2D eigenvalue weighted by molar-refractivity contribution is 9.10. The van der Waals surface area contributed by atoms with Gasteiger partial charge in [-0.3, -0.25) is 0 Å². The molecule has 0 saturated carbocycles. The monoisotopic (exact) mass is 251 g/mol. The molecule has 0 fully saturated rings. The van der Waals surface area contributed by atoms with Gasteiger partial charge in [0.15, 0.2) is 0 Å². The number of allylic oxidation sites excluding steroid dienone is 2. The van der Waals surface area contributed by atoms with Gasteiger partial charge in [0.1, 0.15) is 6.23 Å². The van der Waals surface area contributed by atoms with Crippen molar-refractivity contribution in [3.63, 3.8) is 0 Å². The smallest absolute Gasteiger partial charge is 0.150 e. The van der Waals surface area contributed by atoms with E-state index in [1.165, 1.54) is 0 Å². The first-order valence-corrected chi connectivity index (χ1v) is 5.13. The van der Waals surface area contributed by atoms with Crippen molar-refractivity contribution in [1.82, 2.24) is 0 Å². The van der Waals surface area contributed by atoms with Gasteiger partial charge in [-0.15, -0.1) is 0 Å². The highest BCUT2D eigenvalue weighted by Crippen LogP contribution is 2.21. The normalized spacial score (nSPS) is 20.1. The van der Waals surface area contributed by atoms with Crippen LogP contribution in [0.4, 0.5) is 5.69 Å². The molecular weight excluding hydrogens is 242 g/mol. The SMILES string of the molecule is OC1C=CC=CN1c1ccc(Br)cc1. The number of anilines is 1. The Morgan fingerprint density at radius 1 is 1.14 bits per heavy atom. The van der Waals surface area contributed by atoms with E-state index in [0.717, 1.165) is 10.2 Å². The molecule has 72 valence electrons. The molecule has 3 heteroatoms. The fraction of sp³-hybridized carbons (Fsp3) is 0.0909. The number of halogens is 1. The van der Waals surface area contributed by atoms with Gasteiger partial charge in [0.05, 0.1) is 0 Å². The predicted octanol–water partition coefficient (Wildman–Crippen LogP) is 2.66. The van der Waals surface area contributed by atoms with Crippen molar-refractivity contribution in [2.75, 3.05) is 4.90 Å². The van der Waals surface area contributed by atoms with Crippen LogP contribution in [0.2, 0.25) is 0 Å². The van der Waals surface area contributed by atoms with E-state index < -0.39 is 6.23 Å². The predicted molar refractivity (Wildman–Crippen MR) is 60.9 cm³/mol. The Kier molecular flexibility index (Phi) is 2.70. The molecule has 1 aliphatic heterocycles. The molecule has 14 heavy (non-hydrogen) atoms. The number of hydrogen-bond donors (Lipinski definition) is 1. The van der Waals surface area contributed by atoms with Crippen LogP contribution >= 0.6 is 15.9 Å². The van der Waals surface area contributed by atoms with E-state index in [1.807, 2.05) is 42.6 Å². The lowest BCUT2D eigenvalue weighted by Crippen LogP contribution is -2.29. The molecule has 0 saturated heterocycles. The van der Waals surface area contributed by atoms with Gasteiger partial charge >= 0.3 is 0 Å². The average Bonchev–Trinajstić information content (AvgIpc) is 2.20. The van der Waals surface area contributed by atoms with Crippen molar-refractivity contribution in [2.24, 2.45) is 0 Å². The molecule has 0 spiro atoms. The van der Waals surface area contributed by atoms with E-state index >= 15 is 0 Å². The Morgan fingerprint density at radius 2 is 1.86 bits per heavy atom. The number of aliphatic hydroxyl groups excluding tert-OH is 1. The van der Waals surface area contributed by atoms with Crippen molar-refractivity contribution in [3.05, 3.63) is 53.2 Å². The van der Waals surface area contributed by atoms with E-state index in [-0.39, 0.29) is 0 Å². The molecule has 0 radical (unpaired) electrons. The molecule has 1 unspecified atom stereocenters. The topological polar surface area (TPSA) is 23.5 Å². The lowest BCUT2D eigenvalue weighted by molar-refractivity contribution is 0.227. The van der Waals surface area contributed by atoms with Crippen molar-refractivity contribution >= 4 is 21.6 Å². The number of benzene rings is 1. The summed E-state index contributed by atoms with van der Waals surface area (Å²) in [6, 6.07) is 7.82. The zero-order chi connectivity index (χ0) is 9.97. The standard InChI is InChI=1S/C11H10BrNO/c12-9-4-6-10(7-5-9)13-8-2-1-3-11(13)14/h1-8,11,14H. The third-order valence-corrected chi connectivity index (χ3v) is 2.58. The molecule has 0 amide bonds. The minimum absolute atomic E-state index is 0.568. The number of aliphatic hydroxyl groups is 1. The third kappa shape index (κ3) is 1.89. The van der Waals surface area contributed by atoms with Crippen molar-refractivity contribution in [1.29, 1.82) is 0 Å². The lowest BCUT2D eigenvalue weighted by Gasteiger charge is -2.26. The number of nitrogens with zero attached hydrogens (tertiary/aromatic N) is 1. The fourth-order valence-electron chi connectivity index (χ4n) is 1.34. The van der Waals surface area contributed by atoms with Crippen molar-refractivity contribution in [2.45, 2.75) is 6.23 Å². The van der Waals surface area contributed by atoms with E-state index in [9.17, 15) is 5.11 Å². The number of hydrogen-bond acceptors (Lipinski definition) is 2. The minimum atomic E-state index is -0.568. The Morgan fingerprint density at radius 3 is 2.50 bits per heavy atom. The van der Waals surface area contributed by atoms with Gasteiger partial charge in [0.25, 0.3) is 0 Å². The summed E-state index contributed by atoms with van der Waals surface area (Å²) >= 11 is 3.37. The van der Waals surface area contributed by atoms with Crippen LogP contribution in [0.25, 0.3) is 0 Å². The van der Waals surface area contributed by atoms with Gasteiger partial charge in [0, 0.05) is 16.4 Å². The second kappa shape index (κ2) is 3.98. The summed E-state index contributed by atoms with van der Waals surface area (Å²) in [7, 11) is 0. The zero-order valence-corrected chi connectivity index (χ0v) is 9.05. The van der Waals surface area contributed by atoms with E-state index in [4.69, 9.17) is 0 Å². The van der Waals surface area contributed by atoms with Gasteiger partial charge in [0.2, 0.25) is 0 Å². The molecule has 2 rings (SSSR count). The summed E-state index contributed by atoms with van der Waals surface area (Å²) in [6.45, 7) is 0. The maximum Gasteiger partial charge on any atom is 0.150 e. The summed E-state index contributed by atoms with van der Waals surface area (Å²) in [5.41, 5.74) is 0.973. The van der Waals surface area contributed by atoms with Gasteiger partial charge in [-0.2, -0.15) is 0 Å². The maximum atomic E-state index is 9.67. The first-order chi connectivity index (χ1) is 6.77. The van der Waals surface area contributed by atoms with E-state index in [1.54, 1.807) is 11.0 Å². The minimum Gasteiger partial charge on any atom is -0.370 e. The van der Waals surface area contributed by atoms with Crippen LogP contribution in [0.1, 0.15) is 0 Å². The quantitative estimate of drug-likeness (QED) is 0.830. The Hall–Kier alpha value is -1.06. The molecule has 0 bridgehead atoms. The molecule has 1 aromatic carbocycles. The molecule has 1 N–H and O–H groups in total. The molecule has 0 aromatic heterocycles. The van der Waals surface area contributed by atoms with Crippen LogP contribution in [0.5, 0.6) is 0 Å². The van der Waals surface area contributed by atoms with Crippen LogP contribution in [0, 0.1) is 0 Å². The maximum absolute atomic E-state index is 9.67.